The van der Waals surface area contributed by atoms with Gasteiger partial charge in [0, 0.05) is 57.4 Å². The van der Waals surface area contributed by atoms with E-state index in [4.69, 9.17) is 4.74 Å². The Bertz CT molecular complexity index is 892. The molecule has 3 aliphatic heterocycles. The number of hydrogen-bond donors (Lipinski definition) is 2. The van der Waals surface area contributed by atoms with Crippen LogP contribution in [0, 0.1) is 0 Å². The fraction of sp³-hybridized carbons (Fsp3) is 0.625. The number of rotatable bonds is 5. The quantitative estimate of drug-likeness (QED) is 0.473. The fourth-order valence-corrected chi connectivity index (χ4v) is 5.24. The molecule has 4 rings (SSSR count). The van der Waals surface area contributed by atoms with Gasteiger partial charge in [0.1, 0.15) is 0 Å². The van der Waals surface area contributed by atoms with Gasteiger partial charge in [0.25, 0.3) is 11.8 Å². The molecule has 1 aromatic carbocycles. The summed E-state index contributed by atoms with van der Waals surface area (Å²) in [5.41, 5.74) is 2.33. The van der Waals surface area contributed by atoms with Crippen molar-refractivity contribution in [2.24, 2.45) is 0 Å². The third kappa shape index (κ3) is 5.34. The van der Waals surface area contributed by atoms with Crippen LogP contribution in [0.5, 0.6) is 0 Å². The molecule has 0 saturated carbocycles. The molecule has 2 N–H and O–H groups in total. The van der Waals surface area contributed by atoms with Crippen molar-refractivity contribution in [3.8, 4) is 0 Å². The number of likely N-dealkylation sites (tertiary alicyclic amines) is 2. The van der Waals surface area contributed by atoms with Crippen LogP contribution in [0.3, 0.4) is 0 Å². The number of ether oxygens (including phenoxy) is 1. The molecule has 33 heavy (non-hydrogen) atoms. The first-order valence-corrected chi connectivity index (χ1v) is 11.7. The summed E-state index contributed by atoms with van der Waals surface area (Å²) in [7, 11) is 3.35. The van der Waals surface area contributed by atoms with E-state index in [2.05, 4.69) is 12.2 Å². The van der Waals surface area contributed by atoms with Crippen molar-refractivity contribution in [2.75, 3.05) is 51.8 Å². The van der Waals surface area contributed by atoms with Gasteiger partial charge in [-0.05, 0) is 43.5 Å². The lowest BCUT2D eigenvalue weighted by Crippen LogP contribution is -3.14. The number of quaternary nitrogens is 1. The van der Waals surface area contributed by atoms with E-state index < -0.39 is 0 Å². The third-order valence-electron chi connectivity index (χ3n) is 7.53. The molecule has 182 valence electrons. The Balaban J connectivity index is 0.00000306. The predicted octanol–water partition coefficient (Wildman–Crippen LogP) is -2.99. The Hall–Kier alpha value is -2.16. The lowest BCUT2D eigenvalue weighted by molar-refractivity contribution is -0.897. The fourth-order valence-electron chi connectivity index (χ4n) is 5.24. The van der Waals surface area contributed by atoms with Crippen LogP contribution in [0.2, 0.25) is 0 Å². The highest BCUT2D eigenvalue weighted by Gasteiger charge is 2.38. The lowest BCUT2D eigenvalue weighted by Gasteiger charge is -2.39. The van der Waals surface area contributed by atoms with E-state index >= 15 is 0 Å². The van der Waals surface area contributed by atoms with Gasteiger partial charge >= 0.3 is 0 Å². The first-order chi connectivity index (χ1) is 15.3. The van der Waals surface area contributed by atoms with Crippen LogP contribution in [0.15, 0.2) is 18.2 Å². The van der Waals surface area contributed by atoms with E-state index in [1.165, 1.54) is 4.90 Å². The average molecular weight is 479 g/mol. The smallest absolute Gasteiger partial charge is 0.277 e. The van der Waals surface area contributed by atoms with E-state index in [-0.39, 0.29) is 41.8 Å². The number of nitrogens with one attached hydrogen (secondary N) is 2. The number of carbonyl (C=O) groups excluding carboxylic acids is 3. The molecule has 0 aliphatic carbocycles. The number of nitrogens with zero attached hydrogens (tertiary/aromatic N) is 2. The highest BCUT2D eigenvalue weighted by Crippen LogP contribution is 2.33. The van der Waals surface area contributed by atoms with Crippen molar-refractivity contribution >= 4 is 23.4 Å². The van der Waals surface area contributed by atoms with Crippen LogP contribution in [0.4, 0.5) is 5.69 Å². The zero-order valence-electron chi connectivity index (χ0n) is 19.8. The Morgan fingerprint density at radius 2 is 1.88 bits per heavy atom. The third-order valence-corrected chi connectivity index (χ3v) is 7.53. The Morgan fingerprint density at radius 1 is 1.21 bits per heavy atom. The number of methoxy groups -OCH3 is 1. The monoisotopic (exact) mass is 478 g/mol. The maximum Gasteiger partial charge on any atom is 0.277 e. The van der Waals surface area contributed by atoms with Crippen LogP contribution >= 0.6 is 0 Å². The maximum atomic E-state index is 12.8. The normalized spacial score (nSPS) is 24.2. The van der Waals surface area contributed by atoms with Gasteiger partial charge < -0.3 is 37.2 Å². The topological polar surface area (TPSA) is 83.4 Å². The summed E-state index contributed by atoms with van der Waals surface area (Å²) in [5, 5.41) is 2.63. The van der Waals surface area contributed by atoms with E-state index in [0.717, 1.165) is 63.1 Å². The molecule has 3 heterocycles. The number of piperidine rings is 2. The summed E-state index contributed by atoms with van der Waals surface area (Å²) in [4.78, 5) is 42.7. The minimum Gasteiger partial charge on any atom is -1.00 e. The molecular weight excluding hydrogens is 444 g/mol. The highest BCUT2D eigenvalue weighted by molar-refractivity contribution is 6.03. The van der Waals surface area contributed by atoms with Gasteiger partial charge in [-0.3, -0.25) is 14.4 Å². The molecule has 0 aromatic heterocycles. The van der Waals surface area contributed by atoms with Crippen LogP contribution in [-0.2, 0) is 20.7 Å². The minimum atomic E-state index is -0.138. The summed E-state index contributed by atoms with van der Waals surface area (Å²) >= 11 is 0. The Morgan fingerprint density at radius 3 is 2.48 bits per heavy atom. The molecular formula is C24H35ClN4O4. The molecule has 2 saturated heterocycles. The highest BCUT2D eigenvalue weighted by atomic mass is 35.5. The molecule has 0 unspecified atom stereocenters. The molecule has 2 fully saturated rings. The molecule has 0 bridgehead atoms. The van der Waals surface area contributed by atoms with Crippen molar-refractivity contribution in [1.82, 2.24) is 10.2 Å². The largest absolute Gasteiger partial charge is 1.00 e. The zero-order valence-corrected chi connectivity index (χ0v) is 20.5. The predicted molar refractivity (Wildman–Crippen MR) is 121 cm³/mol. The van der Waals surface area contributed by atoms with Crippen molar-refractivity contribution in [2.45, 2.75) is 50.7 Å². The SMILES string of the molecule is CNC(=O)c1ccc2c(c1)CC(=O)N2C1CC[NH+](CC(=O)N2CCC(C)(OC)CC2)CC1.[Cl-]. The average Bonchev–Trinajstić information content (AvgIpc) is 3.14. The number of carbonyl (C=O) groups is 3. The molecule has 8 nitrogen and oxygen atoms in total. The number of anilines is 1. The van der Waals surface area contributed by atoms with Gasteiger partial charge in [0.05, 0.1) is 25.1 Å². The molecule has 0 radical (unpaired) electrons. The summed E-state index contributed by atoms with van der Waals surface area (Å²) in [6, 6.07) is 5.68. The number of amides is 3. The first kappa shape index (κ1) is 25.5. The number of hydrogen-bond acceptors (Lipinski definition) is 4. The van der Waals surface area contributed by atoms with Crippen LogP contribution in [0.25, 0.3) is 0 Å². The lowest BCUT2D eigenvalue weighted by atomic mass is 9.93. The second-order valence-corrected chi connectivity index (χ2v) is 9.56. The van der Waals surface area contributed by atoms with E-state index in [1.54, 1.807) is 20.2 Å². The molecule has 9 heteroatoms. The standard InChI is InChI=1S/C24H34N4O4.ClH/c1-24(32-3)8-12-27(13-9-24)22(30)16-26-10-6-19(7-11-26)28-20-5-4-17(23(31)25-2)14-18(20)15-21(28)29;/h4-5,14,19H,6-13,15-16H2,1-3H3,(H,25,31);1H. The first-order valence-electron chi connectivity index (χ1n) is 11.7. The van der Waals surface area contributed by atoms with Gasteiger partial charge in [-0.25, -0.2) is 0 Å². The van der Waals surface area contributed by atoms with Gasteiger partial charge in [-0.15, -0.1) is 0 Å². The van der Waals surface area contributed by atoms with Gasteiger partial charge in [0.15, 0.2) is 6.54 Å². The number of benzene rings is 1. The second kappa shape index (κ2) is 10.4. The van der Waals surface area contributed by atoms with Crippen molar-refractivity contribution in [3.05, 3.63) is 29.3 Å². The van der Waals surface area contributed by atoms with Crippen molar-refractivity contribution in [1.29, 1.82) is 0 Å². The van der Waals surface area contributed by atoms with Crippen molar-refractivity contribution < 1.29 is 36.4 Å². The van der Waals surface area contributed by atoms with Crippen LogP contribution in [-0.4, -0.2) is 81.1 Å². The van der Waals surface area contributed by atoms with Gasteiger partial charge in [-0.2, -0.15) is 0 Å². The van der Waals surface area contributed by atoms with E-state index in [0.29, 0.717) is 18.5 Å². The summed E-state index contributed by atoms with van der Waals surface area (Å²) < 4.78 is 5.58. The minimum absolute atomic E-state index is 0. The van der Waals surface area contributed by atoms with E-state index in [9.17, 15) is 14.4 Å². The van der Waals surface area contributed by atoms with Crippen LogP contribution in [0.1, 0.15) is 48.5 Å². The zero-order chi connectivity index (χ0) is 22.9. The number of fused-ring (bicyclic) bond motifs is 1. The van der Waals surface area contributed by atoms with Gasteiger partial charge in [-0.1, -0.05) is 0 Å². The molecule has 0 spiro atoms. The van der Waals surface area contributed by atoms with E-state index in [1.807, 2.05) is 21.9 Å². The molecule has 3 aliphatic rings. The summed E-state index contributed by atoms with van der Waals surface area (Å²) in [5.74, 6) is 0.190. The molecule has 1 aromatic rings. The summed E-state index contributed by atoms with van der Waals surface area (Å²) in [6.45, 7) is 5.93. The Labute approximate surface area is 202 Å². The summed E-state index contributed by atoms with van der Waals surface area (Å²) in [6.07, 6.45) is 3.87. The number of halogens is 1. The maximum absolute atomic E-state index is 12.8. The van der Waals surface area contributed by atoms with Crippen LogP contribution < -0.4 is 27.5 Å². The molecule has 0 atom stereocenters. The van der Waals surface area contributed by atoms with Gasteiger partial charge in [0.2, 0.25) is 5.91 Å². The second-order valence-electron chi connectivity index (χ2n) is 9.56. The van der Waals surface area contributed by atoms with Crippen molar-refractivity contribution in [3.63, 3.8) is 0 Å². The molecule has 3 amide bonds. The Kier molecular flexibility index (Phi) is 8.03.